The van der Waals surface area contributed by atoms with Gasteiger partial charge >= 0.3 is 5.97 Å². The number of thioether (sulfide) groups is 1. The minimum Gasteiger partial charge on any atom is -0.477 e. The van der Waals surface area contributed by atoms with E-state index >= 15 is 0 Å². The first-order valence-corrected chi connectivity index (χ1v) is 15.2. The Morgan fingerprint density at radius 1 is 1.20 bits per heavy atom. The van der Waals surface area contributed by atoms with Crippen LogP contribution in [0.3, 0.4) is 0 Å². The maximum absolute atomic E-state index is 13.3. The molecule has 5 rings (SSSR count). The number of carboxylic acid groups (broad SMARTS) is 1. The molecule has 18 nitrogen and oxygen atoms in total. The molecular weight excluding hydrogens is 596 g/mol. The number of aliphatic imine (C=N–C) groups is 1. The standard InChI is InChI=1S/C25H36N12O6S/c1-12-19-18(13(2)31-16(38)10-36-11-30-32-33-36)23(41)37(19)20(24(42)43)21(12)44-14-7-15(28-8-14)22(40)35-5-3-34(4-6-35)17(39)9-29-25(26)27/h11-15,18-19,28H,3-10H2,1-2H3,(H,31,38)(H,42,43)(H4,26,27,29)/t12-,13?,14+,15+,18-,19-/m1/s1. The van der Waals surface area contributed by atoms with E-state index in [0.717, 1.165) is 0 Å². The number of tetrazole rings is 1. The number of nitrogens with two attached hydrogens (primary N) is 2. The molecule has 5 heterocycles. The lowest BCUT2D eigenvalue weighted by Gasteiger charge is -2.47. The molecule has 1 unspecified atom stereocenters. The van der Waals surface area contributed by atoms with Crippen LogP contribution in [0.4, 0.5) is 0 Å². The molecule has 1 aromatic heterocycles. The molecule has 19 heteroatoms. The summed E-state index contributed by atoms with van der Waals surface area (Å²) in [6.07, 6.45) is 1.80. The second-order valence-corrected chi connectivity index (χ2v) is 12.6. The van der Waals surface area contributed by atoms with Crippen LogP contribution < -0.4 is 22.1 Å². The molecule has 0 aromatic carbocycles. The Morgan fingerprint density at radius 2 is 1.91 bits per heavy atom. The van der Waals surface area contributed by atoms with Crippen LogP contribution in [0, 0.1) is 11.8 Å². The Bertz CT molecular complexity index is 1370. The number of carbonyl (C=O) groups is 5. The van der Waals surface area contributed by atoms with E-state index in [1.54, 1.807) is 16.7 Å². The second-order valence-electron chi connectivity index (χ2n) is 11.3. The number of aliphatic carboxylic acids is 1. The summed E-state index contributed by atoms with van der Waals surface area (Å²) < 4.78 is 1.26. The van der Waals surface area contributed by atoms with Crippen molar-refractivity contribution >= 4 is 47.3 Å². The van der Waals surface area contributed by atoms with Gasteiger partial charge in [0.1, 0.15) is 25.1 Å². The molecule has 4 aliphatic heterocycles. The quantitative estimate of drug-likeness (QED) is 0.0950. The average molecular weight is 633 g/mol. The monoisotopic (exact) mass is 632 g/mol. The maximum atomic E-state index is 13.3. The van der Waals surface area contributed by atoms with Gasteiger partial charge in [-0.15, -0.1) is 16.9 Å². The van der Waals surface area contributed by atoms with Crippen LogP contribution in [0.1, 0.15) is 20.3 Å². The predicted molar refractivity (Wildman–Crippen MR) is 155 cm³/mol. The van der Waals surface area contributed by atoms with Gasteiger partial charge in [0.15, 0.2) is 5.96 Å². The fourth-order valence-electron chi connectivity index (χ4n) is 6.30. The smallest absolute Gasteiger partial charge is 0.353 e. The van der Waals surface area contributed by atoms with Gasteiger partial charge in [0.25, 0.3) is 0 Å². The summed E-state index contributed by atoms with van der Waals surface area (Å²) in [6, 6.07) is -1.38. The number of hydrogen-bond donors (Lipinski definition) is 5. The van der Waals surface area contributed by atoms with Crippen molar-refractivity contribution in [2.45, 2.75) is 50.2 Å². The van der Waals surface area contributed by atoms with Crippen LogP contribution in [0.25, 0.3) is 0 Å². The third-order valence-corrected chi connectivity index (χ3v) is 9.95. The first-order valence-electron chi connectivity index (χ1n) is 14.3. The third-order valence-electron chi connectivity index (χ3n) is 8.44. The molecule has 4 aliphatic rings. The first-order chi connectivity index (χ1) is 21.0. The number of carbonyl (C=O) groups excluding carboxylic acids is 4. The average Bonchev–Trinajstić information content (AvgIpc) is 3.71. The van der Waals surface area contributed by atoms with Gasteiger partial charge in [-0.2, -0.15) is 0 Å². The zero-order chi connectivity index (χ0) is 31.7. The van der Waals surface area contributed by atoms with Crippen LogP contribution >= 0.6 is 11.8 Å². The maximum Gasteiger partial charge on any atom is 0.353 e. The van der Waals surface area contributed by atoms with E-state index < -0.39 is 30.0 Å². The normalized spacial score (nSPS) is 27.1. The summed E-state index contributed by atoms with van der Waals surface area (Å²) in [5.74, 6) is -3.19. The van der Waals surface area contributed by atoms with Gasteiger partial charge in [-0.25, -0.2) is 14.5 Å². The Hall–Kier alpha value is -4.26. The summed E-state index contributed by atoms with van der Waals surface area (Å²) in [7, 11) is 0. The number of β-lactam (4-membered cyclic amide) rings is 1. The molecule has 6 atom stereocenters. The number of piperazine rings is 1. The summed E-state index contributed by atoms with van der Waals surface area (Å²) in [6.45, 7) is 5.41. The molecule has 3 fully saturated rings. The number of guanidine groups is 1. The van der Waals surface area contributed by atoms with Crippen molar-refractivity contribution in [3.8, 4) is 0 Å². The van der Waals surface area contributed by atoms with Crippen molar-refractivity contribution in [1.82, 2.24) is 45.5 Å². The number of rotatable bonds is 10. The lowest BCUT2D eigenvalue weighted by molar-refractivity contribution is -0.158. The van der Waals surface area contributed by atoms with E-state index in [-0.39, 0.29) is 59.5 Å². The largest absolute Gasteiger partial charge is 0.477 e. The molecule has 3 saturated heterocycles. The molecule has 238 valence electrons. The van der Waals surface area contributed by atoms with E-state index in [0.29, 0.717) is 44.0 Å². The molecule has 0 bridgehead atoms. The van der Waals surface area contributed by atoms with Crippen molar-refractivity contribution in [2.75, 3.05) is 39.3 Å². The number of aromatic nitrogens is 4. The topological polar surface area (TPSA) is 247 Å². The van der Waals surface area contributed by atoms with Gasteiger partial charge < -0.3 is 41.9 Å². The van der Waals surface area contributed by atoms with E-state index in [9.17, 15) is 29.1 Å². The first kappa shape index (κ1) is 31.2. The molecule has 0 saturated carbocycles. The van der Waals surface area contributed by atoms with Crippen molar-refractivity contribution in [1.29, 1.82) is 0 Å². The fraction of sp³-hybridized carbons (Fsp3) is 0.640. The Balaban J connectivity index is 1.16. The molecule has 7 N–H and O–H groups in total. The number of amides is 4. The van der Waals surface area contributed by atoms with Crippen molar-refractivity contribution in [3.63, 3.8) is 0 Å². The van der Waals surface area contributed by atoms with Crippen LogP contribution in [0.15, 0.2) is 21.9 Å². The van der Waals surface area contributed by atoms with Gasteiger partial charge in [-0.3, -0.25) is 19.2 Å². The highest BCUT2D eigenvalue weighted by Gasteiger charge is 2.60. The fourth-order valence-corrected chi connectivity index (χ4v) is 7.78. The van der Waals surface area contributed by atoms with E-state index in [1.807, 2.05) is 6.92 Å². The van der Waals surface area contributed by atoms with E-state index in [4.69, 9.17) is 11.5 Å². The molecular formula is C25H36N12O6S. The van der Waals surface area contributed by atoms with E-state index in [2.05, 4.69) is 31.2 Å². The number of hydrogen-bond acceptors (Lipinski definition) is 11. The molecule has 0 aliphatic carbocycles. The highest BCUT2D eigenvalue weighted by Crippen LogP contribution is 2.51. The van der Waals surface area contributed by atoms with Gasteiger partial charge in [0, 0.05) is 54.8 Å². The van der Waals surface area contributed by atoms with Gasteiger partial charge in [0.2, 0.25) is 23.6 Å². The Labute approximate surface area is 256 Å². The van der Waals surface area contributed by atoms with Gasteiger partial charge in [-0.05, 0) is 23.8 Å². The molecule has 4 amide bonds. The van der Waals surface area contributed by atoms with Crippen molar-refractivity contribution in [3.05, 3.63) is 16.9 Å². The summed E-state index contributed by atoms with van der Waals surface area (Å²) in [5.41, 5.74) is 10.6. The van der Waals surface area contributed by atoms with Crippen LogP contribution in [0.2, 0.25) is 0 Å². The van der Waals surface area contributed by atoms with Crippen molar-refractivity contribution < 1.29 is 29.1 Å². The minimum absolute atomic E-state index is 0.0303. The third kappa shape index (κ3) is 6.19. The van der Waals surface area contributed by atoms with E-state index in [1.165, 1.54) is 27.7 Å². The SMILES string of the molecule is CC(NC(=O)Cn1cnnn1)[C@H]1C(=O)N2C(C(=O)O)=C(S[C@@H]3CN[C@H](C(=O)N4CCN(C(=O)CN=C(N)N)CC4)C3)[C@H](C)[C@H]12. The number of fused-ring (bicyclic) bond motifs is 1. The highest BCUT2D eigenvalue weighted by atomic mass is 32.2. The lowest BCUT2D eigenvalue weighted by Crippen LogP contribution is -2.66. The number of nitrogens with one attached hydrogen (secondary N) is 2. The molecule has 0 radical (unpaired) electrons. The van der Waals surface area contributed by atoms with Crippen LogP contribution in [-0.2, 0) is 30.5 Å². The summed E-state index contributed by atoms with van der Waals surface area (Å²) >= 11 is 1.39. The van der Waals surface area contributed by atoms with Gasteiger partial charge in [-0.1, -0.05) is 6.92 Å². The lowest BCUT2D eigenvalue weighted by atomic mass is 9.78. The Kier molecular flexibility index (Phi) is 9.05. The highest BCUT2D eigenvalue weighted by molar-refractivity contribution is 8.03. The van der Waals surface area contributed by atoms with Gasteiger partial charge in [0.05, 0.1) is 18.0 Å². The molecule has 1 aromatic rings. The number of carboxylic acids is 1. The second kappa shape index (κ2) is 12.8. The Morgan fingerprint density at radius 3 is 2.55 bits per heavy atom. The minimum atomic E-state index is -1.19. The van der Waals surface area contributed by atoms with Crippen LogP contribution in [-0.4, -0.2) is 138 Å². The zero-order valence-electron chi connectivity index (χ0n) is 24.3. The summed E-state index contributed by atoms with van der Waals surface area (Å²) in [4.78, 5) is 72.6. The predicted octanol–water partition coefficient (Wildman–Crippen LogP) is -3.64. The zero-order valence-corrected chi connectivity index (χ0v) is 25.1. The molecule has 0 spiro atoms. The molecule has 44 heavy (non-hydrogen) atoms. The summed E-state index contributed by atoms with van der Waals surface area (Å²) in [5, 5.41) is 26.7. The van der Waals surface area contributed by atoms with Crippen molar-refractivity contribution in [2.24, 2.45) is 28.3 Å². The number of nitrogens with zero attached hydrogens (tertiary/aromatic N) is 8. The van der Waals surface area contributed by atoms with Crippen LogP contribution in [0.5, 0.6) is 0 Å².